The third-order valence-electron chi connectivity index (χ3n) is 2.24. The van der Waals surface area contributed by atoms with Gasteiger partial charge in [0.2, 0.25) is 0 Å². The number of Topliss-reactive ketones (excluding diaryl/α,β-unsaturated/α-hetero) is 1. The van der Waals surface area contributed by atoms with Gasteiger partial charge in [-0.3, -0.25) is 4.79 Å². The van der Waals surface area contributed by atoms with Gasteiger partial charge in [-0.15, -0.1) is 0 Å². The van der Waals surface area contributed by atoms with E-state index in [0.717, 1.165) is 0 Å². The summed E-state index contributed by atoms with van der Waals surface area (Å²) < 4.78 is 19.5. The minimum atomic E-state index is -0.571. The van der Waals surface area contributed by atoms with Crippen molar-refractivity contribution in [2.24, 2.45) is 0 Å². The van der Waals surface area contributed by atoms with Crippen LogP contribution in [-0.2, 0) is 0 Å². The van der Waals surface area contributed by atoms with Crippen molar-refractivity contribution in [3.05, 3.63) is 33.2 Å². The van der Waals surface area contributed by atoms with Crippen molar-refractivity contribution in [1.29, 1.82) is 0 Å². The maximum atomic E-state index is 13.6. The van der Waals surface area contributed by atoms with Crippen molar-refractivity contribution in [2.75, 3.05) is 0 Å². The molecule has 0 unspecified atom stereocenters. The summed E-state index contributed by atoms with van der Waals surface area (Å²) in [5, 5.41) is 0.215. The van der Waals surface area contributed by atoms with Gasteiger partial charge in [-0.05, 0) is 28.1 Å². The standard InChI is InChI=1S/C11H7BrClFO2/c1-2-8(15)9-3-5-10(14)7(13)4-6(12)11(5)16-9/h3-4H,2H2,1H3. The molecule has 1 aromatic carbocycles. The molecular weight excluding hydrogens is 298 g/mol. The molecule has 0 amide bonds. The topological polar surface area (TPSA) is 30.2 Å². The van der Waals surface area contributed by atoms with Gasteiger partial charge in [-0.1, -0.05) is 18.5 Å². The molecule has 1 aromatic heterocycles. The van der Waals surface area contributed by atoms with Crippen molar-refractivity contribution in [3.8, 4) is 0 Å². The summed E-state index contributed by atoms with van der Waals surface area (Å²) in [7, 11) is 0. The lowest BCUT2D eigenvalue weighted by molar-refractivity contribution is 0.0963. The summed E-state index contributed by atoms with van der Waals surface area (Å²) in [5.74, 6) is -0.586. The summed E-state index contributed by atoms with van der Waals surface area (Å²) in [6.45, 7) is 1.72. The first-order valence-electron chi connectivity index (χ1n) is 4.64. The lowest BCUT2D eigenvalue weighted by Gasteiger charge is -1.96. The van der Waals surface area contributed by atoms with Crippen LogP contribution in [0.3, 0.4) is 0 Å². The van der Waals surface area contributed by atoms with Gasteiger partial charge in [0.15, 0.2) is 22.9 Å². The maximum absolute atomic E-state index is 13.6. The van der Waals surface area contributed by atoms with Crippen molar-refractivity contribution in [3.63, 3.8) is 0 Å². The van der Waals surface area contributed by atoms with Crippen molar-refractivity contribution < 1.29 is 13.6 Å². The summed E-state index contributed by atoms with van der Waals surface area (Å²) in [4.78, 5) is 11.4. The molecule has 84 valence electrons. The molecule has 0 saturated carbocycles. The van der Waals surface area contributed by atoms with Gasteiger partial charge in [-0.25, -0.2) is 4.39 Å². The van der Waals surface area contributed by atoms with Crippen molar-refractivity contribution in [1.82, 2.24) is 0 Å². The van der Waals surface area contributed by atoms with E-state index in [1.54, 1.807) is 6.92 Å². The Labute approximate surface area is 105 Å². The Morgan fingerprint density at radius 1 is 1.56 bits per heavy atom. The Balaban J connectivity index is 2.74. The lowest BCUT2D eigenvalue weighted by Crippen LogP contribution is -1.92. The van der Waals surface area contributed by atoms with Gasteiger partial charge in [0.25, 0.3) is 0 Å². The van der Waals surface area contributed by atoms with Gasteiger partial charge >= 0.3 is 0 Å². The van der Waals surface area contributed by atoms with Crippen LogP contribution in [0.1, 0.15) is 23.9 Å². The summed E-state index contributed by atoms with van der Waals surface area (Å²) in [6, 6.07) is 2.79. The highest BCUT2D eigenvalue weighted by Gasteiger charge is 2.17. The Bertz CT molecular complexity index is 577. The molecule has 0 N–H and O–H groups in total. The van der Waals surface area contributed by atoms with Gasteiger partial charge in [-0.2, -0.15) is 0 Å². The molecule has 0 aliphatic rings. The zero-order valence-corrected chi connectivity index (χ0v) is 10.7. The molecule has 0 spiro atoms. The average Bonchev–Trinajstić information content (AvgIpc) is 2.70. The monoisotopic (exact) mass is 304 g/mol. The van der Waals surface area contributed by atoms with Crippen LogP contribution >= 0.6 is 27.5 Å². The molecule has 2 nitrogen and oxygen atoms in total. The number of carbonyl (C=O) groups excluding carboxylic acids is 1. The SMILES string of the molecule is CCC(=O)c1cc2c(F)c(Cl)cc(Br)c2o1. The van der Waals surface area contributed by atoms with E-state index in [4.69, 9.17) is 16.0 Å². The zero-order chi connectivity index (χ0) is 11.9. The van der Waals surface area contributed by atoms with Crippen LogP contribution in [-0.4, -0.2) is 5.78 Å². The number of hydrogen-bond acceptors (Lipinski definition) is 2. The van der Waals surface area contributed by atoms with Crippen molar-refractivity contribution in [2.45, 2.75) is 13.3 Å². The Morgan fingerprint density at radius 2 is 2.25 bits per heavy atom. The molecule has 5 heteroatoms. The predicted molar refractivity (Wildman–Crippen MR) is 63.5 cm³/mol. The van der Waals surface area contributed by atoms with Gasteiger partial charge in [0.05, 0.1) is 14.9 Å². The van der Waals surface area contributed by atoms with E-state index in [1.165, 1.54) is 12.1 Å². The molecule has 0 saturated heterocycles. The summed E-state index contributed by atoms with van der Waals surface area (Å²) >= 11 is 8.89. The van der Waals surface area contributed by atoms with E-state index in [1.807, 2.05) is 0 Å². The van der Waals surface area contributed by atoms with Gasteiger partial charge in [0.1, 0.15) is 0 Å². The minimum absolute atomic E-state index is 0.00401. The Kier molecular flexibility index (Phi) is 3.04. The van der Waals surface area contributed by atoms with Crippen LogP contribution in [0.4, 0.5) is 4.39 Å². The fraction of sp³-hybridized carbons (Fsp3) is 0.182. The smallest absolute Gasteiger partial charge is 0.197 e. The molecule has 0 aliphatic carbocycles. The maximum Gasteiger partial charge on any atom is 0.197 e. The van der Waals surface area contributed by atoms with Gasteiger partial charge in [0, 0.05) is 6.42 Å². The lowest BCUT2D eigenvalue weighted by atomic mass is 10.2. The zero-order valence-electron chi connectivity index (χ0n) is 8.31. The molecule has 0 radical (unpaired) electrons. The Hall–Kier alpha value is -0.870. The van der Waals surface area contributed by atoms with Crippen LogP contribution in [0.25, 0.3) is 11.0 Å². The molecule has 0 aliphatic heterocycles. The van der Waals surface area contributed by atoms with E-state index < -0.39 is 5.82 Å². The van der Waals surface area contributed by atoms with Crippen LogP contribution in [0.15, 0.2) is 21.0 Å². The van der Waals surface area contributed by atoms with Crippen LogP contribution in [0, 0.1) is 5.82 Å². The van der Waals surface area contributed by atoms with Crippen molar-refractivity contribution >= 4 is 44.3 Å². The van der Waals surface area contributed by atoms with Gasteiger partial charge < -0.3 is 4.42 Å². The number of carbonyl (C=O) groups is 1. The molecule has 16 heavy (non-hydrogen) atoms. The number of furan rings is 1. The first-order chi connectivity index (χ1) is 7.54. The number of fused-ring (bicyclic) bond motifs is 1. The van der Waals surface area contributed by atoms with Crippen LogP contribution in [0.2, 0.25) is 5.02 Å². The van der Waals surface area contributed by atoms with E-state index in [-0.39, 0.29) is 22.0 Å². The minimum Gasteiger partial charge on any atom is -0.452 e. The molecular formula is C11H7BrClFO2. The fourth-order valence-corrected chi connectivity index (χ4v) is 2.28. The molecule has 2 rings (SSSR count). The summed E-state index contributed by atoms with van der Waals surface area (Å²) in [6.07, 6.45) is 0.312. The molecule has 2 aromatic rings. The third-order valence-corrected chi connectivity index (χ3v) is 3.11. The second-order valence-corrected chi connectivity index (χ2v) is 4.55. The molecule has 0 atom stereocenters. The second-order valence-electron chi connectivity index (χ2n) is 3.28. The number of halogens is 3. The summed E-state index contributed by atoms with van der Waals surface area (Å²) in [5.41, 5.74) is 0.304. The quantitative estimate of drug-likeness (QED) is 0.600. The van der Waals surface area contributed by atoms with Crippen LogP contribution < -0.4 is 0 Å². The first-order valence-corrected chi connectivity index (χ1v) is 5.82. The highest BCUT2D eigenvalue weighted by Crippen LogP contribution is 2.34. The highest BCUT2D eigenvalue weighted by atomic mass is 79.9. The van der Waals surface area contributed by atoms with E-state index in [0.29, 0.717) is 16.5 Å². The van der Waals surface area contributed by atoms with Crippen LogP contribution in [0.5, 0.6) is 0 Å². The second kappa shape index (κ2) is 4.18. The number of ketones is 1. The fourth-order valence-electron chi connectivity index (χ4n) is 1.41. The van der Waals surface area contributed by atoms with E-state index >= 15 is 0 Å². The predicted octanol–water partition coefficient (Wildman–Crippen LogP) is 4.58. The van der Waals surface area contributed by atoms with E-state index in [2.05, 4.69) is 15.9 Å². The highest BCUT2D eigenvalue weighted by molar-refractivity contribution is 9.10. The third kappa shape index (κ3) is 1.76. The Morgan fingerprint density at radius 3 is 2.88 bits per heavy atom. The average molecular weight is 306 g/mol. The number of rotatable bonds is 2. The normalized spacial score (nSPS) is 11.0. The number of hydrogen-bond donors (Lipinski definition) is 0. The largest absolute Gasteiger partial charge is 0.452 e. The molecule has 0 fully saturated rings. The molecule has 0 bridgehead atoms. The number of benzene rings is 1. The first kappa shape index (κ1) is 11.6. The molecule has 1 heterocycles. The van der Waals surface area contributed by atoms with E-state index in [9.17, 15) is 9.18 Å².